The first kappa shape index (κ1) is 19.4. The summed E-state index contributed by atoms with van der Waals surface area (Å²) in [6, 6.07) is 7.78. The molecule has 0 amide bonds. The van der Waals surface area contributed by atoms with Crippen LogP contribution in [0.2, 0.25) is 0 Å². The molecule has 7 nitrogen and oxygen atoms in total. The molecule has 1 aromatic carbocycles. The van der Waals surface area contributed by atoms with Gasteiger partial charge in [0.15, 0.2) is 5.01 Å². The summed E-state index contributed by atoms with van der Waals surface area (Å²) in [6.45, 7) is 3.53. The number of likely N-dealkylation sites (tertiary alicyclic amines) is 1. The van der Waals surface area contributed by atoms with E-state index in [1.54, 1.807) is 25.4 Å². The largest absolute Gasteiger partial charge is 0.496 e. The van der Waals surface area contributed by atoms with Gasteiger partial charge in [-0.05, 0) is 45.0 Å². The number of piperidine rings is 1. The number of rotatable bonds is 7. The predicted octanol–water partition coefficient (Wildman–Crippen LogP) is 2.53. The van der Waals surface area contributed by atoms with E-state index in [2.05, 4.69) is 10.2 Å². The maximum atomic E-state index is 11.8. The molecule has 0 spiro atoms. The molecule has 0 atom stereocenters. The Labute approximate surface area is 162 Å². The third kappa shape index (κ3) is 4.70. The number of benzene rings is 1. The normalized spacial score (nSPS) is 15.5. The number of Topliss-reactive ketones (excluding diaryl/α,β-unsaturated/α-hetero) is 1. The molecule has 0 aliphatic carbocycles. The lowest BCUT2D eigenvalue weighted by Gasteiger charge is -2.29. The quantitative estimate of drug-likeness (QED) is 0.532. The molecular formula is C19H23N3O4S. The maximum absolute atomic E-state index is 11.8. The van der Waals surface area contributed by atoms with Crippen LogP contribution in [0.1, 0.15) is 30.7 Å². The fourth-order valence-electron chi connectivity index (χ4n) is 3.15. The Kier molecular flexibility index (Phi) is 6.52. The van der Waals surface area contributed by atoms with Crippen LogP contribution >= 0.6 is 11.3 Å². The number of hydrogen-bond donors (Lipinski definition) is 0. The molecule has 8 heteroatoms. The molecule has 2 heterocycles. The first-order chi connectivity index (χ1) is 13.1. The van der Waals surface area contributed by atoms with Gasteiger partial charge in [0.1, 0.15) is 10.8 Å². The summed E-state index contributed by atoms with van der Waals surface area (Å²) in [6.07, 6.45) is 1.77. The third-order valence-electron chi connectivity index (χ3n) is 4.59. The molecule has 0 unspecified atom stereocenters. The van der Waals surface area contributed by atoms with E-state index in [1.165, 1.54) is 0 Å². The molecule has 144 valence electrons. The molecule has 3 rings (SSSR count). The SMILES string of the molecule is CCOC(=O)C(=O)CN1CCC(c2nnc(-c3ccccc3OC)s2)CC1. The van der Waals surface area contributed by atoms with Crippen LogP contribution < -0.4 is 4.74 Å². The van der Waals surface area contributed by atoms with E-state index in [-0.39, 0.29) is 13.2 Å². The lowest BCUT2D eigenvalue weighted by Crippen LogP contribution is -2.39. The number of nitrogens with zero attached hydrogens (tertiary/aromatic N) is 3. The first-order valence-corrected chi connectivity index (χ1v) is 9.83. The molecule has 0 saturated carbocycles. The Morgan fingerprint density at radius 1 is 1.22 bits per heavy atom. The van der Waals surface area contributed by atoms with Gasteiger partial charge < -0.3 is 9.47 Å². The van der Waals surface area contributed by atoms with Crippen LogP contribution in [-0.2, 0) is 14.3 Å². The van der Waals surface area contributed by atoms with Gasteiger partial charge in [0.25, 0.3) is 5.78 Å². The molecule has 1 fully saturated rings. The van der Waals surface area contributed by atoms with Crippen LogP contribution in [0, 0.1) is 0 Å². The van der Waals surface area contributed by atoms with E-state index >= 15 is 0 Å². The van der Waals surface area contributed by atoms with Crippen molar-refractivity contribution >= 4 is 23.1 Å². The number of ether oxygens (including phenoxy) is 2. The molecule has 2 aromatic rings. The Hall–Kier alpha value is -2.32. The monoisotopic (exact) mass is 389 g/mol. The summed E-state index contributed by atoms with van der Waals surface area (Å²) in [7, 11) is 1.65. The van der Waals surface area contributed by atoms with E-state index < -0.39 is 11.8 Å². The summed E-state index contributed by atoms with van der Waals surface area (Å²) in [4.78, 5) is 25.3. The van der Waals surface area contributed by atoms with Crippen LogP contribution in [0.3, 0.4) is 0 Å². The predicted molar refractivity (Wildman–Crippen MR) is 102 cm³/mol. The zero-order valence-electron chi connectivity index (χ0n) is 15.5. The Morgan fingerprint density at radius 2 is 1.96 bits per heavy atom. The van der Waals surface area contributed by atoms with Crippen molar-refractivity contribution in [1.82, 2.24) is 15.1 Å². The lowest BCUT2D eigenvalue weighted by molar-refractivity contribution is -0.154. The van der Waals surface area contributed by atoms with Crippen molar-refractivity contribution < 1.29 is 19.1 Å². The van der Waals surface area contributed by atoms with Gasteiger partial charge in [-0.2, -0.15) is 0 Å². The summed E-state index contributed by atoms with van der Waals surface area (Å²) >= 11 is 1.59. The molecule has 1 saturated heterocycles. The number of carbonyl (C=O) groups excluding carboxylic acids is 2. The minimum absolute atomic E-state index is 0.119. The van der Waals surface area contributed by atoms with Gasteiger partial charge in [0, 0.05) is 5.92 Å². The van der Waals surface area contributed by atoms with E-state index in [4.69, 9.17) is 9.47 Å². The number of carbonyl (C=O) groups is 2. The minimum atomic E-state index is -0.745. The average molecular weight is 389 g/mol. The van der Waals surface area contributed by atoms with Crippen molar-refractivity contribution in [1.29, 1.82) is 0 Å². The van der Waals surface area contributed by atoms with Crippen molar-refractivity contribution in [3.05, 3.63) is 29.3 Å². The van der Waals surface area contributed by atoms with Gasteiger partial charge >= 0.3 is 5.97 Å². The maximum Gasteiger partial charge on any atom is 0.375 e. The van der Waals surface area contributed by atoms with Crippen molar-refractivity contribution in [2.75, 3.05) is 33.4 Å². The molecule has 1 aromatic heterocycles. The van der Waals surface area contributed by atoms with Crippen LogP contribution in [0.4, 0.5) is 0 Å². The van der Waals surface area contributed by atoms with Gasteiger partial charge in [-0.25, -0.2) is 4.79 Å². The number of methoxy groups -OCH3 is 1. The van der Waals surface area contributed by atoms with Gasteiger partial charge in [-0.15, -0.1) is 10.2 Å². The number of esters is 1. The Balaban J connectivity index is 1.58. The standard InChI is InChI=1S/C19H23N3O4S/c1-3-26-19(24)15(23)12-22-10-8-13(9-11-22)17-20-21-18(27-17)14-6-4-5-7-16(14)25-2/h4-7,13H,3,8-12H2,1-2H3. The summed E-state index contributed by atoms with van der Waals surface area (Å²) in [5.74, 6) is -0.123. The van der Waals surface area contributed by atoms with Gasteiger partial charge in [-0.1, -0.05) is 23.5 Å². The van der Waals surface area contributed by atoms with Gasteiger partial charge in [0.2, 0.25) is 0 Å². The lowest BCUT2D eigenvalue weighted by atomic mass is 9.97. The average Bonchev–Trinajstić information content (AvgIpc) is 3.18. The molecule has 0 radical (unpaired) electrons. The van der Waals surface area contributed by atoms with Crippen molar-refractivity contribution in [3.8, 4) is 16.3 Å². The Bertz CT molecular complexity index is 800. The van der Waals surface area contributed by atoms with Crippen LogP contribution in [0.5, 0.6) is 5.75 Å². The second kappa shape index (κ2) is 9.05. The minimum Gasteiger partial charge on any atom is -0.496 e. The van der Waals surface area contributed by atoms with Crippen molar-refractivity contribution in [2.45, 2.75) is 25.7 Å². The molecular weight excluding hydrogens is 366 g/mol. The topological polar surface area (TPSA) is 81.6 Å². The highest BCUT2D eigenvalue weighted by Crippen LogP contribution is 2.36. The fourth-order valence-corrected chi connectivity index (χ4v) is 4.19. The molecule has 1 aliphatic heterocycles. The third-order valence-corrected chi connectivity index (χ3v) is 5.70. The second-order valence-electron chi connectivity index (χ2n) is 6.34. The second-order valence-corrected chi connectivity index (χ2v) is 7.35. The number of hydrogen-bond acceptors (Lipinski definition) is 8. The molecule has 1 aliphatic rings. The zero-order chi connectivity index (χ0) is 19.2. The molecule has 0 N–H and O–H groups in total. The summed E-state index contributed by atoms with van der Waals surface area (Å²) in [5, 5.41) is 10.6. The van der Waals surface area contributed by atoms with Crippen LogP contribution in [0.15, 0.2) is 24.3 Å². The van der Waals surface area contributed by atoms with Crippen LogP contribution in [-0.4, -0.2) is 60.2 Å². The number of ketones is 1. The number of aromatic nitrogens is 2. The van der Waals surface area contributed by atoms with Gasteiger partial charge in [-0.3, -0.25) is 9.69 Å². The summed E-state index contributed by atoms with van der Waals surface area (Å²) in [5.41, 5.74) is 0.946. The smallest absolute Gasteiger partial charge is 0.375 e. The summed E-state index contributed by atoms with van der Waals surface area (Å²) < 4.78 is 10.2. The van der Waals surface area contributed by atoms with Crippen molar-refractivity contribution in [2.24, 2.45) is 0 Å². The van der Waals surface area contributed by atoms with E-state index in [9.17, 15) is 9.59 Å². The van der Waals surface area contributed by atoms with Crippen molar-refractivity contribution in [3.63, 3.8) is 0 Å². The van der Waals surface area contributed by atoms with Crippen LogP contribution in [0.25, 0.3) is 10.6 Å². The highest BCUT2D eigenvalue weighted by molar-refractivity contribution is 7.14. The molecule has 27 heavy (non-hydrogen) atoms. The zero-order valence-corrected chi connectivity index (χ0v) is 16.3. The van der Waals surface area contributed by atoms with E-state index in [0.29, 0.717) is 5.92 Å². The highest BCUT2D eigenvalue weighted by Gasteiger charge is 2.27. The van der Waals surface area contributed by atoms with Gasteiger partial charge in [0.05, 0.1) is 25.8 Å². The van der Waals surface area contributed by atoms with E-state index in [1.807, 2.05) is 29.2 Å². The first-order valence-electron chi connectivity index (χ1n) is 9.01. The fraction of sp³-hybridized carbons (Fsp3) is 0.474. The Morgan fingerprint density at radius 3 is 2.67 bits per heavy atom. The highest BCUT2D eigenvalue weighted by atomic mass is 32.1. The number of para-hydroxylation sites is 1. The molecule has 0 bridgehead atoms. The van der Waals surface area contributed by atoms with E-state index in [0.717, 1.165) is 47.3 Å².